The average Bonchev–Trinajstić information content (AvgIpc) is 2.47. The third kappa shape index (κ3) is 2.63. The van der Waals surface area contributed by atoms with Crippen LogP contribution in [0.5, 0.6) is 11.5 Å². The highest BCUT2D eigenvalue weighted by atomic mass is 32.2. The Morgan fingerprint density at radius 2 is 2.40 bits per heavy atom. The molecule has 1 N–H and O–H groups in total. The zero-order valence-corrected chi connectivity index (χ0v) is 13.1. The van der Waals surface area contributed by atoms with Crippen molar-refractivity contribution in [1.82, 2.24) is 5.32 Å². The van der Waals surface area contributed by atoms with Crippen molar-refractivity contribution in [1.29, 1.82) is 0 Å². The summed E-state index contributed by atoms with van der Waals surface area (Å²) in [4.78, 5) is 0. The van der Waals surface area contributed by atoms with Crippen molar-refractivity contribution >= 4 is 11.8 Å². The van der Waals surface area contributed by atoms with Crippen LogP contribution in [0.15, 0.2) is 18.2 Å². The lowest BCUT2D eigenvalue weighted by atomic mass is 9.85. The third-order valence-corrected chi connectivity index (χ3v) is 5.54. The van der Waals surface area contributed by atoms with Gasteiger partial charge in [0.1, 0.15) is 17.1 Å². The second-order valence-corrected chi connectivity index (χ2v) is 6.76. The summed E-state index contributed by atoms with van der Waals surface area (Å²) in [5.74, 6) is 4.25. The molecule has 2 heterocycles. The molecule has 2 atom stereocenters. The first-order valence-electron chi connectivity index (χ1n) is 7.44. The van der Waals surface area contributed by atoms with Crippen molar-refractivity contribution in [2.45, 2.75) is 37.8 Å². The van der Waals surface area contributed by atoms with Crippen LogP contribution in [-0.4, -0.2) is 30.8 Å². The Morgan fingerprint density at radius 3 is 3.10 bits per heavy atom. The summed E-state index contributed by atoms with van der Waals surface area (Å²) in [6.07, 6.45) is 3.49. The van der Waals surface area contributed by atoms with E-state index in [2.05, 4.69) is 18.3 Å². The van der Waals surface area contributed by atoms with Crippen molar-refractivity contribution in [3.8, 4) is 11.5 Å². The number of rotatable bonds is 3. The Hall–Kier alpha value is -0.870. The van der Waals surface area contributed by atoms with Crippen LogP contribution in [0.1, 0.15) is 37.8 Å². The first-order chi connectivity index (χ1) is 9.76. The van der Waals surface area contributed by atoms with Crippen LogP contribution in [0.25, 0.3) is 0 Å². The molecule has 0 aromatic heterocycles. The number of thioether (sulfide) groups is 1. The van der Waals surface area contributed by atoms with E-state index in [0.717, 1.165) is 30.2 Å². The molecule has 0 amide bonds. The fourth-order valence-electron chi connectivity index (χ4n) is 3.27. The molecule has 110 valence electrons. The minimum atomic E-state index is 0.00905. The monoisotopic (exact) mass is 293 g/mol. The van der Waals surface area contributed by atoms with Gasteiger partial charge >= 0.3 is 0 Å². The van der Waals surface area contributed by atoms with Gasteiger partial charge in [0, 0.05) is 29.8 Å². The predicted octanol–water partition coefficient (Wildman–Crippen LogP) is 3.39. The van der Waals surface area contributed by atoms with Crippen LogP contribution in [0.2, 0.25) is 0 Å². The van der Waals surface area contributed by atoms with E-state index in [9.17, 15) is 0 Å². The van der Waals surface area contributed by atoms with Crippen molar-refractivity contribution in [2.24, 2.45) is 0 Å². The van der Waals surface area contributed by atoms with E-state index in [4.69, 9.17) is 9.47 Å². The van der Waals surface area contributed by atoms with Gasteiger partial charge in [-0.2, -0.15) is 11.8 Å². The molecule has 1 aromatic carbocycles. The zero-order chi connectivity index (χ0) is 14.0. The minimum Gasteiger partial charge on any atom is -0.497 e. The molecular formula is C16H23NO2S. The van der Waals surface area contributed by atoms with Crippen molar-refractivity contribution in [3.05, 3.63) is 23.8 Å². The average molecular weight is 293 g/mol. The molecule has 2 aliphatic heterocycles. The second-order valence-electron chi connectivity index (χ2n) is 5.66. The molecule has 4 heteroatoms. The van der Waals surface area contributed by atoms with Gasteiger partial charge in [-0.05, 0) is 31.2 Å². The topological polar surface area (TPSA) is 30.5 Å². The smallest absolute Gasteiger partial charge is 0.128 e. The molecular weight excluding hydrogens is 270 g/mol. The maximum atomic E-state index is 6.44. The van der Waals surface area contributed by atoms with Gasteiger partial charge in [0.2, 0.25) is 0 Å². The summed E-state index contributed by atoms with van der Waals surface area (Å²) >= 11 is 2.02. The molecule has 1 spiro atoms. The van der Waals surface area contributed by atoms with Gasteiger partial charge in [-0.1, -0.05) is 13.0 Å². The first-order valence-corrected chi connectivity index (χ1v) is 8.60. The number of hydrogen-bond donors (Lipinski definition) is 1. The lowest BCUT2D eigenvalue weighted by Crippen LogP contribution is -2.47. The van der Waals surface area contributed by atoms with E-state index < -0.39 is 0 Å². The molecule has 2 aliphatic rings. The lowest BCUT2D eigenvalue weighted by molar-refractivity contribution is 0.0413. The van der Waals surface area contributed by atoms with E-state index in [1.165, 1.54) is 24.2 Å². The van der Waals surface area contributed by atoms with Gasteiger partial charge in [-0.15, -0.1) is 0 Å². The zero-order valence-electron chi connectivity index (χ0n) is 12.3. The molecule has 1 fully saturated rings. The van der Waals surface area contributed by atoms with E-state index >= 15 is 0 Å². The normalized spacial score (nSPS) is 28.8. The minimum absolute atomic E-state index is 0.00905. The SMILES string of the molecule is CCNC1CC2(CCCSC2)Oc2cc(OC)ccc21. The number of benzene rings is 1. The van der Waals surface area contributed by atoms with Gasteiger partial charge in [0.15, 0.2) is 0 Å². The number of nitrogens with one attached hydrogen (secondary N) is 1. The summed E-state index contributed by atoms with van der Waals surface area (Å²) in [6.45, 7) is 3.15. The van der Waals surface area contributed by atoms with Crippen molar-refractivity contribution in [2.75, 3.05) is 25.2 Å². The largest absolute Gasteiger partial charge is 0.497 e. The first kappa shape index (κ1) is 14.1. The maximum Gasteiger partial charge on any atom is 0.128 e. The van der Waals surface area contributed by atoms with Crippen LogP contribution in [0.3, 0.4) is 0 Å². The summed E-state index contributed by atoms with van der Waals surface area (Å²) in [6, 6.07) is 6.61. The third-order valence-electron chi connectivity index (χ3n) is 4.24. The van der Waals surface area contributed by atoms with Crippen molar-refractivity contribution < 1.29 is 9.47 Å². The standard InChI is InChI=1S/C16H23NO2S/c1-3-17-14-10-16(7-4-8-20-11-16)19-15-9-12(18-2)5-6-13(14)15/h5-6,9,14,17H,3-4,7-8,10-11H2,1-2H3. The molecule has 2 unspecified atom stereocenters. The highest BCUT2D eigenvalue weighted by Crippen LogP contribution is 2.46. The Morgan fingerprint density at radius 1 is 1.50 bits per heavy atom. The quantitative estimate of drug-likeness (QED) is 0.925. The van der Waals surface area contributed by atoms with E-state index in [-0.39, 0.29) is 5.60 Å². The Bertz CT molecular complexity index is 472. The molecule has 0 bridgehead atoms. The number of fused-ring (bicyclic) bond motifs is 1. The Kier molecular flexibility index (Phi) is 4.13. The van der Waals surface area contributed by atoms with Gasteiger partial charge in [0.25, 0.3) is 0 Å². The number of methoxy groups -OCH3 is 1. The summed E-state index contributed by atoms with van der Waals surface area (Å²) in [7, 11) is 1.71. The molecule has 20 heavy (non-hydrogen) atoms. The van der Waals surface area contributed by atoms with Gasteiger partial charge in [0.05, 0.1) is 7.11 Å². The Balaban J connectivity index is 1.94. The molecule has 1 aromatic rings. The highest BCUT2D eigenvalue weighted by Gasteiger charge is 2.42. The number of hydrogen-bond acceptors (Lipinski definition) is 4. The number of ether oxygens (including phenoxy) is 2. The van der Waals surface area contributed by atoms with Crippen LogP contribution in [0.4, 0.5) is 0 Å². The van der Waals surface area contributed by atoms with E-state index in [1.54, 1.807) is 7.11 Å². The van der Waals surface area contributed by atoms with Crippen LogP contribution >= 0.6 is 11.8 Å². The second kappa shape index (κ2) is 5.86. The summed E-state index contributed by atoms with van der Waals surface area (Å²) in [5, 5.41) is 3.62. The highest BCUT2D eigenvalue weighted by molar-refractivity contribution is 7.99. The van der Waals surface area contributed by atoms with Crippen LogP contribution in [0, 0.1) is 0 Å². The fourth-order valence-corrected chi connectivity index (χ4v) is 4.46. The molecule has 0 saturated carbocycles. The summed E-state index contributed by atoms with van der Waals surface area (Å²) < 4.78 is 11.8. The lowest BCUT2D eigenvalue weighted by Gasteiger charge is -2.44. The maximum absolute atomic E-state index is 6.44. The summed E-state index contributed by atoms with van der Waals surface area (Å²) in [5.41, 5.74) is 1.28. The van der Waals surface area contributed by atoms with E-state index in [1.807, 2.05) is 23.9 Å². The van der Waals surface area contributed by atoms with Crippen LogP contribution in [-0.2, 0) is 0 Å². The molecule has 3 rings (SSSR count). The molecule has 0 radical (unpaired) electrons. The predicted molar refractivity (Wildman–Crippen MR) is 83.9 cm³/mol. The molecule has 0 aliphatic carbocycles. The van der Waals surface area contributed by atoms with E-state index in [0.29, 0.717) is 6.04 Å². The van der Waals surface area contributed by atoms with Gasteiger partial charge in [-0.25, -0.2) is 0 Å². The molecule has 1 saturated heterocycles. The van der Waals surface area contributed by atoms with Gasteiger partial charge < -0.3 is 14.8 Å². The Labute approximate surface area is 125 Å². The fraction of sp³-hybridized carbons (Fsp3) is 0.625. The van der Waals surface area contributed by atoms with Crippen molar-refractivity contribution in [3.63, 3.8) is 0 Å². The van der Waals surface area contributed by atoms with Gasteiger partial charge in [-0.3, -0.25) is 0 Å². The van der Waals surface area contributed by atoms with Crippen LogP contribution < -0.4 is 14.8 Å². The molecule has 3 nitrogen and oxygen atoms in total.